The molecule has 2 N–H and O–H groups in total. The molecule has 35 heavy (non-hydrogen) atoms. The van der Waals surface area contributed by atoms with Gasteiger partial charge in [0.05, 0.1) is 29.7 Å². The highest BCUT2D eigenvalue weighted by atomic mass is 32.1. The third kappa shape index (κ3) is 3.91. The van der Waals surface area contributed by atoms with Crippen LogP contribution >= 0.6 is 22.7 Å². The second-order valence-corrected chi connectivity index (χ2v) is 12.0. The largest absolute Gasteiger partial charge is 0.462 e. The predicted octanol–water partition coefficient (Wildman–Crippen LogP) is 5.81. The van der Waals surface area contributed by atoms with E-state index in [0.717, 1.165) is 42.5 Å². The van der Waals surface area contributed by atoms with Gasteiger partial charge in [0.1, 0.15) is 10.8 Å². The number of Topliss-reactive ketones (excluding diaryl/α,β-unsaturated/α-hetero) is 1. The molecule has 2 aliphatic carbocycles. The molecule has 1 aliphatic heterocycles. The van der Waals surface area contributed by atoms with Crippen LogP contribution in [0.5, 0.6) is 0 Å². The van der Waals surface area contributed by atoms with Gasteiger partial charge < -0.3 is 10.5 Å². The molecule has 0 radical (unpaired) electrons. The number of ketones is 1. The maximum atomic E-state index is 13.7. The number of nitrogens with zero attached hydrogens (tertiary/aromatic N) is 2. The third-order valence-corrected chi connectivity index (χ3v) is 9.07. The highest BCUT2D eigenvalue weighted by Crippen LogP contribution is 2.53. The van der Waals surface area contributed by atoms with Gasteiger partial charge in [-0.05, 0) is 72.4 Å². The molecule has 3 heterocycles. The molecule has 0 fully saturated rings. The number of ether oxygens (including phenoxy) is 1. The molecule has 2 aromatic heterocycles. The van der Waals surface area contributed by atoms with E-state index in [-0.39, 0.29) is 23.8 Å². The Morgan fingerprint density at radius 2 is 2.09 bits per heavy atom. The van der Waals surface area contributed by atoms with Crippen LogP contribution in [0.1, 0.15) is 78.7 Å². The van der Waals surface area contributed by atoms with Crippen LogP contribution in [-0.2, 0) is 22.4 Å². The smallest absolute Gasteiger partial charge is 0.341 e. The number of anilines is 1. The Morgan fingerprint density at radius 3 is 2.77 bits per heavy atom. The van der Waals surface area contributed by atoms with Crippen LogP contribution in [0.3, 0.4) is 0 Å². The number of hydrogen-bond acceptors (Lipinski definition) is 8. The number of thiophene rings is 2. The van der Waals surface area contributed by atoms with Gasteiger partial charge in [0.2, 0.25) is 0 Å². The van der Waals surface area contributed by atoms with Gasteiger partial charge in [-0.25, -0.2) is 4.79 Å². The fourth-order valence-corrected chi connectivity index (χ4v) is 7.74. The minimum Gasteiger partial charge on any atom is -0.462 e. The van der Waals surface area contributed by atoms with Gasteiger partial charge in [0, 0.05) is 22.6 Å². The predicted molar refractivity (Wildman–Crippen MR) is 138 cm³/mol. The molecule has 0 unspecified atom stereocenters. The van der Waals surface area contributed by atoms with Crippen LogP contribution < -0.4 is 10.6 Å². The van der Waals surface area contributed by atoms with E-state index in [9.17, 15) is 14.9 Å². The number of fused-ring (bicyclic) bond motifs is 1. The molecule has 182 valence electrons. The van der Waals surface area contributed by atoms with Crippen LogP contribution in [0.15, 0.2) is 39.5 Å². The standard InChI is InChI=1S/C27H29N3O3S2/c1-4-33-26(32)22-16-7-5-6-8-20(16)35-25(22)30-18-11-27(2,3)12-19(31)23(18)21(15-9-10-34-14-15)17(13-28)24(30)29/h9-10,14,21H,4-8,11-12,29H2,1-3H3/t21-/m0/s1. The first-order valence-electron chi connectivity index (χ1n) is 12.1. The highest BCUT2D eigenvalue weighted by molar-refractivity contribution is 7.16. The van der Waals surface area contributed by atoms with Crippen molar-refractivity contribution >= 4 is 39.4 Å². The zero-order valence-corrected chi connectivity index (χ0v) is 21.9. The summed E-state index contributed by atoms with van der Waals surface area (Å²) in [6, 6.07) is 4.28. The SMILES string of the molecule is CCOC(=O)c1c(N2C(N)=C(C#N)[C@H](c3ccsc3)C3=C2CC(C)(C)CC3=O)sc2c1CCCC2. The maximum Gasteiger partial charge on any atom is 0.341 e. The molecule has 0 aromatic carbocycles. The number of esters is 1. The molecule has 0 bridgehead atoms. The molecule has 6 nitrogen and oxygen atoms in total. The van der Waals surface area contributed by atoms with E-state index < -0.39 is 5.92 Å². The van der Waals surface area contributed by atoms with Gasteiger partial charge in [-0.2, -0.15) is 16.6 Å². The van der Waals surface area contributed by atoms with Crippen LogP contribution in [0.25, 0.3) is 0 Å². The number of carbonyl (C=O) groups is 2. The Balaban J connectivity index is 1.79. The first-order chi connectivity index (χ1) is 16.8. The van der Waals surface area contributed by atoms with Gasteiger partial charge in [0.25, 0.3) is 0 Å². The fraction of sp³-hybridized carbons (Fsp3) is 0.444. The third-order valence-electron chi connectivity index (χ3n) is 7.09. The Kier molecular flexibility index (Phi) is 6.10. The van der Waals surface area contributed by atoms with E-state index in [4.69, 9.17) is 10.5 Å². The average molecular weight is 508 g/mol. The molecular formula is C27H29N3O3S2. The van der Waals surface area contributed by atoms with Crippen molar-refractivity contribution in [3.05, 3.63) is 61.1 Å². The number of carbonyl (C=O) groups excluding carboxylic acids is 2. The van der Waals surface area contributed by atoms with Crippen molar-refractivity contribution in [2.45, 2.75) is 65.2 Å². The lowest BCUT2D eigenvalue weighted by Gasteiger charge is -2.43. The summed E-state index contributed by atoms with van der Waals surface area (Å²) in [6.07, 6.45) is 4.84. The van der Waals surface area contributed by atoms with E-state index in [2.05, 4.69) is 19.9 Å². The Bertz CT molecular complexity index is 1310. The van der Waals surface area contributed by atoms with Crippen molar-refractivity contribution in [2.24, 2.45) is 11.1 Å². The number of allylic oxidation sites excluding steroid dienone is 3. The van der Waals surface area contributed by atoms with Crippen LogP contribution in [0.4, 0.5) is 5.00 Å². The molecule has 0 saturated carbocycles. The maximum absolute atomic E-state index is 13.7. The van der Waals surface area contributed by atoms with Crippen molar-refractivity contribution in [1.82, 2.24) is 0 Å². The lowest BCUT2D eigenvalue weighted by atomic mass is 9.69. The minimum atomic E-state index is -0.485. The zero-order valence-electron chi connectivity index (χ0n) is 20.3. The van der Waals surface area contributed by atoms with Crippen LogP contribution in [-0.4, -0.2) is 18.4 Å². The lowest BCUT2D eigenvalue weighted by Crippen LogP contribution is -2.42. The Hall–Kier alpha value is -2.89. The summed E-state index contributed by atoms with van der Waals surface area (Å²) < 4.78 is 5.49. The second-order valence-electron chi connectivity index (χ2n) is 10.1. The van der Waals surface area contributed by atoms with E-state index in [0.29, 0.717) is 40.4 Å². The first kappa shape index (κ1) is 23.8. The van der Waals surface area contributed by atoms with Crippen molar-refractivity contribution < 1.29 is 14.3 Å². The van der Waals surface area contributed by atoms with Crippen molar-refractivity contribution in [3.8, 4) is 6.07 Å². The summed E-state index contributed by atoms with van der Waals surface area (Å²) in [6.45, 7) is 6.24. The molecule has 3 aliphatic rings. The normalized spacial score (nSPS) is 21.5. The summed E-state index contributed by atoms with van der Waals surface area (Å²) >= 11 is 3.09. The second kappa shape index (κ2) is 8.96. The van der Waals surface area contributed by atoms with Crippen LogP contribution in [0, 0.1) is 16.7 Å². The summed E-state index contributed by atoms with van der Waals surface area (Å²) in [7, 11) is 0. The van der Waals surface area contributed by atoms with Crippen molar-refractivity contribution in [2.75, 3.05) is 11.5 Å². The summed E-state index contributed by atoms with van der Waals surface area (Å²) in [5.41, 5.74) is 10.8. The summed E-state index contributed by atoms with van der Waals surface area (Å²) in [5.74, 6) is -0.507. The first-order valence-corrected chi connectivity index (χ1v) is 13.8. The highest BCUT2D eigenvalue weighted by Gasteiger charge is 2.46. The molecule has 0 saturated heterocycles. The number of nitrogens with two attached hydrogens (primary N) is 1. The number of rotatable bonds is 4. The van der Waals surface area contributed by atoms with Gasteiger partial charge in [-0.1, -0.05) is 13.8 Å². The summed E-state index contributed by atoms with van der Waals surface area (Å²) in [4.78, 5) is 29.9. The number of nitriles is 1. The molecule has 0 amide bonds. The van der Waals surface area contributed by atoms with Crippen molar-refractivity contribution in [3.63, 3.8) is 0 Å². The van der Waals surface area contributed by atoms with E-state index in [1.54, 1.807) is 18.3 Å². The average Bonchev–Trinajstić information content (AvgIpc) is 3.45. The number of aryl methyl sites for hydroxylation is 1. The van der Waals surface area contributed by atoms with Crippen molar-refractivity contribution in [1.29, 1.82) is 5.26 Å². The van der Waals surface area contributed by atoms with E-state index >= 15 is 0 Å². The van der Waals surface area contributed by atoms with Gasteiger partial charge >= 0.3 is 5.97 Å². The monoisotopic (exact) mass is 507 g/mol. The van der Waals surface area contributed by atoms with Gasteiger partial charge in [-0.15, -0.1) is 11.3 Å². The molecular weight excluding hydrogens is 478 g/mol. The quantitative estimate of drug-likeness (QED) is 0.525. The van der Waals surface area contributed by atoms with Gasteiger partial charge in [-0.3, -0.25) is 9.69 Å². The lowest BCUT2D eigenvalue weighted by molar-refractivity contribution is -0.118. The summed E-state index contributed by atoms with van der Waals surface area (Å²) in [5, 5.41) is 14.9. The van der Waals surface area contributed by atoms with Crippen LogP contribution in [0.2, 0.25) is 0 Å². The minimum absolute atomic E-state index is 0.0386. The molecule has 5 rings (SSSR count). The van der Waals surface area contributed by atoms with Gasteiger partial charge in [0.15, 0.2) is 5.78 Å². The molecule has 2 aromatic rings. The van der Waals surface area contributed by atoms with E-state index in [1.807, 2.05) is 21.7 Å². The topological polar surface area (TPSA) is 96.4 Å². The molecule has 8 heteroatoms. The fourth-order valence-electron chi connectivity index (χ4n) is 5.64. The molecule has 1 atom stereocenters. The zero-order chi connectivity index (χ0) is 24.9. The Morgan fingerprint density at radius 1 is 1.31 bits per heavy atom. The Labute approximate surface area is 213 Å². The van der Waals surface area contributed by atoms with E-state index in [1.165, 1.54) is 16.2 Å². The number of hydrogen-bond donors (Lipinski definition) is 1. The molecule has 0 spiro atoms.